The van der Waals surface area contributed by atoms with E-state index in [0.717, 1.165) is 50.3 Å². The molecule has 4 heteroatoms. The van der Waals surface area contributed by atoms with Crippen LogP contribution in [0.1, 0.15) is 36.8 Å². The second kappa shape index (κ2) is 6.74. The maximum atomic E-state index is 6.10. The van der Waals surface area contributed by atoms with Crippen LogP contribution in [-0.2, 0) is 12.0 Å². The van der Waals surface area contributed by atoms with Crippen molar-refractivity contribution in [1.82, 2.24) is 4.90 Å². The summed E-state index contributed by atoms with van der Waals surface area (Å²) in [7, 11) is 3.40. The van der Waals surface area contributed by atoms with Crippen LogP contribution in [0.2, 0.25) is 0 Å². The van der Waals surface area contributed by atoms with E-state index in [2.05, 4.69) is 23.6 Å². The minimum absolute atomic E-state index is 0.0252. The van der Waals surface area contributed by atoms with Gasteiger partial charge in [0.15, 0.2) is 11.5 Å². The van der Waals surface area contributed by atoms with E-state index in [1.165, 1.54) is 23.1 Å². The van der Waals surface area contributed by atoms with E-state index in [1.54, 1.807) is 14.2 Å². The second-order valence-electron chi connectivity index (χ2n) is 6.60. The molecule has 1 aromatic carbocycles. The average molecular weight is 336 g/mol. The molecule has 3 nitrogen and oxygen atoms in total. The van der Waals surface area contributed by atoms with Gasteiger partial charge in [-0.25, -0.2) is 0 Å². The van der Waals surface area contributed by atoms with E-state index >= 15 is 0 Å². The van der Waals surface area contributed by atoms with Crippen molar-refractivity contribution in [2.75, 3.05) is 33.2 Å². The van der Waals surface area contributed by atoms with Gasteiger partial charge in [-0.15, -0.1) is 11.6 Å². The first kappa shape index (κ1) is 16.7. The van der Waals surface area contributed by atoms with E-state index in [0.29, 0.717) is 5.88 Å². The van der Waals surface area contributed by atoms with Crippen molar-refractivity contribution >= 4 is 11.6 Å². The fraction of sp³-hybridized carbons (Fsp3) is 0.579. The quantitative estimate of drug-likeness (QED) is 0.610. The molecule has 126 valence electrons. The highest BCUT2D eigenvalue weighted by Gasteiger charge is 2.44. The van der Waals surface area contributed by atoms with Crippen molar-refractivity contribution in [3.05, 3.63) is 35.4 Å². The van der Waals surface area contributed by atoms with Crippen molar-refractivity contribution in [1.29, 1.82) is 0 Å². The molecule has 2 aliphatic rings. The Hall–Kier alpha value is -1.19. The molecule has 3 rings (SSSR count). The molecular formula is C19H26ClNO2. The van der Waals surface area contributed by atoms with Crippen molar-refractivity contribution in [3.63, 3.8) is 0 Å². The topological polar surface area (TPSA) is 21.7 Å². The maximum Gasteiger partial charge on any atom is 0.161 e. The monoisotopic (exact) mass is 335 g/mol. The summed E-state index contributed by atoms with van der Waals surface area (Å²) in [4.78, 5) is 2.57. The Morgan fingerprint density at radius 1 is 1.22 bits per heavy atom. The first-order valence-electron chi connectivity index (χ1n) is 8.37. The zero-order valence-electron chi connectivity index (χ0n) is 14.2. The Kier molecular flexibility index (Phi) is 4.88. The molecule has 1 fully saturated rings. The number of ether oxygens (including phenoxy) is 2. The van der Waals surface area contributed by atoms with Crippen molar-refractivity contribution in [2.45, 2.75) is 37.6 Å². The summed E-state index contributed by atoms with van der Waals surface area (Å²) in [5, 5.41) is 0. The molecule has 1 atom stereocenters. The van der Waals surface area contributed by atoms with Crippen LogP contribution in [0.25, 0.3) is 0 Å². The number of methoxy groups -OCH3 is 2. The van der Waals surface area contributed by atoms with Crippen LogP contribution >= 0.6 is 11.6 Å². The van der Waals surface area contributed by atoms with Gasteiger partial charge in [0.05, 0.1) is 19.8 Å². The third-order valence-electron chi connectivity index (χ3n) is 5.38. The van der Waals surface area contributed by atoms with Gasteiger partial charge in [-0.2, -0.15) is 0 Å². The zero-order valence-corrected chi connectivity index (χ0v) is 14.9. The fourth-order valence-corrected chi connectivity index (χ4v) is 4.55. The zero-order chi connectivity index (χ0) is 16.4. The Morgan fingerprint density at radius 3 is 2.61 bits per heavy atom. The normalized spacial score (nSPS) is 24.6. The summed E-state index contributed by atoms with van der Waals surface area (Å²) in [5.74, 6) is 2.30. The SMILES string of the molecule is C=C1CCCC2(C1)c1cc(OC)c(OC)cc1CCN2CCCl. The van der Waals surface area contributed by atoms with Crippen LogP contribution in [0, 0.1) is 0 Å². The van der Waals surface area contributed by atoms with Gasteiger partial charge in [0.1, 0.15) is 0 Å². The minimum atomic E-state index is 0.0252. The molecule has 1 saturated carbocycles. The number of benzene rings is 1. The van der Waals surface area contributed by atoms with Crippen LogP contribution in [0.4, 0.5) is 0 Å². The molecule has 1 spiro atoms. The Labute approximate surface area is 144 Å². The lowest BCUT2D eigenvalue weighted by Gasteiger charge is -2.51. The maximum absolute atomic E-state index is 6.10. The highest BCUT2D eigenvalue weighted by Crippen LogP contribution is 2.49. The van der Waals surface area contributed by atoms with Gasteiger partial charge in [0.2, 0.25) is 0 Å². The molecule has 0 aromatic heterocycles. The molecule has 23 heavy (non-hydrogen) atoms. The highest BCUT2D eigenvalue weighted by molar-refractivity contribution is 6.18. The van der Waals surface area contributed by atoms with Crippen molar-refractivity contribution in [3.8, 4) is 11.5 Å². The minimum Gasteiger partial charge on any atom is -0.493 e. The lowest BCUT2D eigenvalue weighted by atomic mass is 9.70. The highest BCUT2D eigenvalue weighted by atomic mass is 35.5. The number of hydrogen-bond acceptors (Lipinski definition) is 3. The lowest BCUT2D eigenvalue weighted by molar-refractivity contribution is 0.0578. The van der Waals surface area contributed by atoms with Crippen LogP contribution in [0.15, 0.2) is 24.3 Å². The van der Waals surface area contributed by atoms with Gasteiger partial charge in [0.25, 0.3) is 0 Å². The molecule has 0 amide bonds. The Bertz CT molecular complexity index is 601. The van der Waals surface area contributed by atoms with Gasteiger partial charge in [-0.1, -0.05) is 12.2 Å². The number of halogens is 1. The summed E-state index contributed by atoms with van der Waals surface area (Å²) in [6.07, 6.45) is 5.53. The fourth-order valence-electron chi connectivity index (χ4n) is 4.35. The van der Waals surface area contributed by atoms with Gasteiger partial charge in [0, 0.05) is 19.0 Å². The lowest BCUT2D eigenvalue weighted by Crippen LogP contribution is -2.52. The van der Waals surface area contributed by atoms with Gasteiger partial charge >= 0.3 is 0 Å². The molecule has 0 saturated heterocycles. The number of hydrogen-bond donors (Lipinski definition) is 0. The van der Waals surface area contributed by atoms with E-state index < -0.39 is 0 Å². The smallest absolute Gasteiger partial charge is 0.161 e. The van der Waals surface area contributed by atoms with Crippen LogP contribution < -0.4 is 9.47 Å². The second-order valence-corrected chi connectivity index (χ2v) is 6.98. The van der Waals surface area contributed by atoms with Gasteiger partial charge in [-0.05, 0) is 55.4 Å². The number of fused-ring (bicyclic) bond motifs is 2. The molecule has 1 aliphatic carbocycles. The first-order chi connectivity index (χ1) is 11.1. The van der Waals surface area contributed by atoms with Gasteiger partial charge in [-0.3, -0.25) is 4.90 Å². The summed E-state index contributed by atoms with van der Waals surface area (Å²) >= 11 is 6.10. The summed E-state index contributed by atoms with van der Waals surface area (Å²) in [6, 6.07) is 4.35. The predicted octanol–water partition coefficient (Wildman–Crippen LogP) is 4.13. The number of alkyl halides is 1. The summed E-state index contributed by atoms with van der Waals surface area (Å²) in [5.41, 5.74) is 4.13. The first-order valence-corrected chi connectivity index (χ1v) is 8.91. The summed E-state index contributed by atoms with van der Waals surface area (Å²) in [6.45, 7) is 6.26. The largest absolute Gasteiger partial charge is 0.493 e. The standard InChI is InChI=1S/C19H26ClNO2/c1-14-5-4-7-19(13-14)16-12-18(23-3)17(22-2)11-15(16)6-9-21(19)10-8-20/h11-12H,1,4-10,13H2,2-3H3. The Balaban J connectivity index is 2.12. The summed E-state index contributed by atoms with van der Waals surface area (Å²) < 4.78 is 11.1. The molecule has 1 heterocycles. The molecule has 0 N–H and O–H groups in total. The van der Waals surface area contributed by atoms with E-state index in [-0.39, 0.29) is 5.54 Å². The molecule has 0 radical (unpaired) electrons. The average Bonchev–Trinajstić information content (AvgIpc) is 2.57. The van der Waals surface area contributed by atoms with Gasteiger partial charge < -0.3 is 9.47 Å². The van der Waals surface area contributed by atoms with Crippen LogP contribution in [0.3, 0.4) is 0 Å². The molecule has 0 bridgehead atoms. The third kappa shape index (κ3) is 2.85. The molecule has 1 unspecified atom stereocenters. The van der Waals surface area contributed by atoms with E-state index in [1.807, 2.05) is 0 Å². The molecule has 1 aliphatic heterocycles. The van der Waals surface area contributed by atoms with E-state index in [9.17, 15) is 0 Å². The van der Waals surface area contributed by atoms with Crippen molar-refractivity contribution in [2.24, 2.45) is 0 Å². The Morgan fingerprint density at radius 2 is 1.96 bits per heavy atom. The number of rotatable bonds is 4. The predicted molar refractivity (Wildman–Crippen MR) is 94.8 cm³/mol. The van der Waals surface area contributed by atoms with Crippen LogP contribution in [-0.4, -0.2) is 38.1 Å². The van der Waals surface area contributed by atoms with Crippen molar-refractivity contribution < 1.29 is 9.47 Å². The molecular weight excluding hydrogens is 310 g/mol. The number of nitrogens with zero attached hydrogens (tertiary/aromatic N) is 1. The van der Waals surface area contributed by atoms with Crippen LogP contribution in [0.5, 0.6) is 11.5 Å². The third-order valence-corrected chi connectivity index (χ3v) is 5.55. The molecule has 1 aromatic rings. The van der Waals surface area contributed by atoms with E-state index in [4.69, 9.17) is 21.1 Å².